The van der Waals surface area contributed by atoms with Gasteiger partial charge in [0.25, 0.3) is 0 Å². The van der Waals surface area contributed by atoms with Crippen LogP contribution in [0.4, 0.5) is 10.2 Å². The zero-order valence-electron chi connectivity index (χ0n) is 15.9. The molecule has 1 aliphatic rings. The normalized spacial score (nSPS) is 15.1. The lowest BCUT2D eigenvalue weighted by molar-refractivity contribution is 0.246. The van der Waals surface area contributed by atoms with Crippen molar-refractivity contribution in [3.63, 3.8) is 0 Å². The van der Waals surface area contributed by atoms with Gasteiger partial charge in [0.2, 0.25) is 0 Å². The molecule has 3 heterocycles. The average molecular weight is 417 g/mol. The molecule has 0 spiro atoms. The largest absolute Gasteiger partial charge is 0.354 e. The van der Waals surface area contributed by atoms with Gasteiger partial charge < -0.3 is 9.42 Å². The second-order valence-corrected chi connectivity index (χ2v) is 7.11. The summed E-state index contributed by atoms with van der Waals surface area (Å²) in [6.45, 7) is 5.50. The third kappa shape index (κ3) is 4.04. The quantitative estimate of drug-likeness (QED) is 0.497. The first-order valence-corrected chi connectivity index (χ1v) is 9.58. The number of aromatic nitrogens is 4. The van der Waals surface area contributed by atoms with Gasteiger partial charge in [0, 0.05) is 38.8 Å². The van der Waals surface area contributed by atoms with Gasteiger partial charge in [0.05, 0.1) is 11.9 Å². The van der Waals surface area contributed by atoms with Crippen molar-refractivity contribution < 1.29 is 8.91 Å². The first-order valence-electron chi connectivity index (χ1n) is 9.58. The molecule has 0 unspecified atom stereocenters. The van der Waals surface area contributed by atoms with Crippen molar-refractivity contribution in [1.82, 2.24) is 25.1 Å². The van der Waals surface area contributed by atoms with E-state index in [0.717, 1.165) is 67.9 Å². The maximum atomic E-state index is 13.3. The van der Waals surface area contributed by atoms with E-state index in [9.17, 15) is 4.39 Å². The minimum absolute atomic E-state index is 0. The average Bonchev–Trinajstić information content (AvgIpc) is 3.31. The summed E-state index contributed by atoms with van der Waals surface area (Å²) in [7, 11) is 0. The molecule has 4 aromatic rings. The fourth-order valence-electron chi connectivity index (χ4n) is 3.75. The van der Waals surface area contributed by atoms with E-state index in [1.165, 1.54) is 12.1 Å². The number of rotatable bonds is 5. The Hall–Kier alpha value is -2.71. The lowest BCUT2D eigenvalue weighted by atomic mass is 10.2. The molecule has 2 aromatic carbocycles. The van der Waals surface area contributed by atoms with Crippen molar-refractivity contribution >= 4 is 40.2 Å². The maximum Gasteiger partial charge on any atom is 0.180 e. The van der Waals surface area contributed by atoms with Crippen LogP contribution in [0.25, 0.3) is 22.0 Å². The SMILES string of the molecule is Cl.Fc1ccc2c(N3CCN(CCCn4nc5ccccc5n4)CC3)noc2c1. The van der Waals surface area contributed by atoms with E-state index in [0.29, 0.717) is 5.58 Å². The van der Waals surface area contributed by atoms with Crippen LogP contribution in [-0.4, -0.2) is 57.8 Å². The number of aryl methyl sites for hydroxylation is 1. The van der Waals surface area contributed by atoms with E-state index in [-0.39, 0.29) is 18.2 Å². The minimum atomic E-state index is -0.306. The van der Waals surface area contributed by atoms with Crippen LogP contribution in [0.5, 0.6) is 0 Å². The van der Waals surface area contributed by atoms with E-state index in [4.69, 9.17) is 4.52 Å². The molecule has 0 atom stereocenters. The molecule has 152 valence electrons. The number of hydrogen-bond donors (Lipinski definition) is 0. The fourth-order valence-corrected chi connectivity index (χ4v) is 3.75. The van der Waals surface area contributed by atoms with E-state index >= 15 is 0 Å². The van der Waals surface area contributed by atoms with Gasteiger partial charge in [0.1, 0.15) is 16.9 Å². The van der Waals surface area contributed by atoms with Crippen molar-refractivity contribution in [3.05, 3.63) is 48.3 Å². The van der Waals surface area contributed by atoms with Crippen LogP contribution in [0, 0.1) is 5.82 Å². The predicted molar refractivity (Wildman–Crippen MR) is 112 cm³/mol. The molecule has 0 bridgehead atoms. The van der Waals surface area contributed by atoms with Gasteiger partial charge >= 0.3 is 0 Å². The number of nitrogens with zero attached hydrogens (tertiary/aromatic N) is 6. The molecule has 9 heteroatoms. The van der Waals surface area contributed by atoms with Gasteiger partial charge in [-0.15, -0.1) is 12.4 Å². The molecule has 7 nitrogen and oxygen atoms in total. The highest BCUT2D eigenvalue weighted by Gasteiger charge is 2.21. The van der Waals surface area contributed by atoms with Crippen molar-refractivity contribution in [2.75, 3.05) is 37.6 Å². The van der Waals surface area contributed by atoms with Gasteiger partial charge in [-0.2, -0.15) is 15.0 Å². The Bertz CT molecular complexity index is 1070. The number of piperazine rings is 1. The van der Waals surface area contributed by atoms with E-state index in [1.54, 1.807) is 10.9 Å². The molecule has 0 N–H and O–H groups in total. The Balaban J connectivity index is 0.00000205. The Kier molecular flexibility index (Phi) is 5.64. The first kappa shape index (κ1) is 19.6. The van der Waals surface area contributed by atoms with Crippen LogP contribution in [0.2, 0.25) is 0 Å². The van der Waals surface area contributed by atoms with Crippen LogP contribution in [-0.2, 0) is 6.54 Å². The molecule has 1 fully saturated rings. The monoisotopic (exact) mass is 416 g/mol. The van der Waals surface area contributed by atoms with Gasteiger partial charge in [0.15, 0.2) is 11.4 Å². The van der Waals surface area contributed by atoms with Crippen molar-refractivity contribution in [2.45, 2.75) is 13.0 Å². The lowest BCUT2D eigenvalue weighted by Crippen LogP contribution is -2.47. The van der Waals surface area contributed by atoms with Crippen LogP contribution in [0.1, 0.15) is 6.42 Å². The molecule has 0 aliphatic carbocycles. The summed E-state index contributed by atoms with van der Waals surface area (Å²) in [6.07, 6.45) is 1.01. The van der Waals surface area contributed by atoms with Gasteiger partial charge in [-0.3, -0.25) is 4.90 Å². The molecule has 0 saturated carbocycles. The molecular weight excluding hydrogens is 395 g/mol. The summed E-state index contributed by atoms with van der Waals surface area (Å²) in [5.74, 6) is 0.502. The highest BCUT2D eigenvalue weighted by molar-refractivity contribution is 5.88. The smallest absolute Gasteiger partial charge is 0.180 e. The van der Waals surface area contributed by atoms with Crippen LogP contribution >= 0.6 is 12.4 Å². The fraction of sp³-hybridized carbons (Fsp3) is 0.350. The van der Waals surface area contributed by atoms with E-state index < -0.39 is 0 Å². The Morgan fingerprint density at radius 2 is 1.66 bits per heavy atom. The number of benzene rings is 2. The molecule has 0 amide bonds. The highest BCUT2D eigenvalue weighted by Crippen LogP contribution is 2.27. The maximum absolute atomic E-state index is 13.3. The Morgan fingerprint density at radius 1 is 0.931 bits per heavy atom. The summed E-state index contributed by atoms with van der Waals surface area (Å²) in [6, 6.07) is 12.5. The zero-order valence-corrected chi connectivity index (χ0v) is 16.7. The van der Waals surface area contributed by atoms with E-state index in [1.807, 2.05) is 24.3 Å². The Labute approximate surface area is 173 Å². The number of hydrogen-bond acceptors (Lipinski definition) is 6. The molecule has 0 radical (unpaired) electrons. The van der Waals surface area contributed by atoms with Gasteiger partial charge in [-0.25, -0.2) is 4.39 Å². The summed E-state index contributed by atoms with van der Waals surface area (Å²) in [4.78, 5) is 6.45. The zero-order chi connectivity index (χ0) is 18.9. The van der Waals surface area contributed by atoms with Crippen molar-refractivity contribution in [1.29, 1.82) is 0 Å². The first-order chi connectivity index (χ1) is 13.8. The molecule has 2 aromatic heterocycles. The topological polar surface area (TPSA) is 63.2 Å². The summed E-state index contributed by atoms with van der Waals surface area (Å²) in [5.41, 5.74) is 2.38. The predicted octanol–water partition coefficient (Wildman–Crippen LogP) is 3.35. The second kappa shape index (κ2) is 8.34. The summed E-state index contributed by atoms with van der Waals surface area (Å²) in [5, 5.41) is 14.0. The van der Waals surface area contributed by atoms with Crippen molar-refractivity contribution in [2.24, 2.45) is 0 Å². The van der Waals surface area contributed by atoms with Gasteiger partial charge in [-0.1, -0.05) is 17.3 Å². The summed E-state index contributed by atoms with van der Waals surface area (Å²) < 4.78 is 18.6. The molecule has 1 aliphatic heterocycles. The molecular formula is C20H22ClFN6O. The lowest BCUT2D eigenvalue weighted by Gasteiger charge is -2.34. The Morgan fingerprint density at radius 3 is 2.38 bits per heavy atom. The highest BCUT2D eigenvalue weighted by atomic mass is 35.5. The van der Waals surface area contributed by atoms with Crippen LogP contribution < -0.4 is 4.90 Å². The van der Waals surface area contributed by atoms with Crippen molar-refractivity contribution in [3.8, 4) is 0 Å². The number of halogens is 2. The summed E-state index contributed by atoms with van der Waals surface area (Å²) >= 11 is 0. The number of fused-ring (bicyclic) bond motifs is 2. The van der Waals surface area contributed by atoms with Gasteiger partial charge in [-0.05, 0) is 30.7 Å². The molecule has 1 saturated heterocycles. The third-order valence-electron chi connectivity index (χ3n) is 5.25. The van der Waals surface area contributed by atoms with Crippen LogP contribution in [0.15, 0.2) is 47.0 Å². The van der Waals surface area contributed by atoms with Crippen LogP contribution in [0.3, 0.4) is 0 Å². The third-order valence-corrected chi connectivity index (χ3v) is 5.25. The second-order valence-electron chi connectivity index (χ2n) is 7.11. The molecule has 29 heavy (non-hydrogen) atoms. The standard InChI is InChI=1S/C20H21FN6O.ClH/c21-15-6-7-16-19(14-15)28-24-20(16)26-12-10-25(11-13-26)8-3-9-27-22-17-4-1-2-5-18(17)23-27;/h1-2,4-7,14H,3,8-13H2;1H. The number of anilines is 1. The minimum Gasteiger partial charge on any atom is -0.354 e. The molecule has 5 rings (SSSR count). The van der Waals surface area contributed by atoms with E-state index in [2.05, 4.69) is 25.2 Å².